The van der Waals surface area contributed by atoms with Crippen LogP contribution in [0.4, 0.5) is 10.5 Å². The molecule has 3 aromatic rings. The van der Waals surface area contributed by atoms with Crippen LogP contribution in [0.2, 0.25) is 0 Å². The molecule has 3 rings (SSSR count). The smallest absolute Gasteiger partial charge is 0.414 e. The molecule has 0 unspecified atom stereocenters. The minimum absolute atomic E-state index is 0.322. The van der Waals surface area contributed by atoms with E-state index in [9.17, 15) is 14.4 Å². The molecule has 8 nitrogen and oxygen atoms in total. The lowest BCUT2D eigenvalue weighted by molar-refractivity contribution is 0.0589. The molecule has 0 aliphatic rings. The molecule has 3 aromatic heterocycles. The monoisotopic (exact) mass is 382 g/mol. The second kappa shape index (κ2) is 6.95. The van der Waals surface area contributed by atoms with Gasteiger partial charge >= 0.3 is 6.09 Å². The van der Waals surface area contributed by atoms with Crippen LogP contribution in [-0.4, -0.2) is 39.1 Å². The Hall–Kier alpha value is -3.42. The summed E-state index contributed by atoms with van der Waals surface area (Å²) < 4.78 is 8.45. The van der Waals surface area contributed by atoms with E-state index in [0.717, 1.165) is 6.29 Å². The van der Waals surface area contributed by atoms with Gasteiger partial charge in [-0.25, -0.2) is 9.78 Å². The number of nitrogens with zero attached hydrogens (tertiary/aromatic N) is 4. The summed E-state index contributed by atoms with van der Waals surface area (Å²) in [6.45, 7) is 5.33. The maximum absolute atomic E-state index is 12.7. The third-order valence-corrected chi connectivity index (χ3v) is 4.28. The van der Waals surface area contributed by atoms with Crippen molar-refractivity contribution in [3.05, 3.63) is 52.7 Å². The Morgan fingerprint density at radius 1 is 1.25 bits per heavy atom. The third kappa shape index (κ3) is 3.53. The third-order valence-electron chi connectivity index (χ3n) is 4.28. The van der Waals surface area contributed by atoms with E-state index in [1.807, 2.05) is 0 Å². The minimum atomic E-state index is -0.632. The highest BCUT2D eigenvalue weighted by Gasteiger charge is 2.21. The van der Waals surface area contributed by atoms with Crippen molar-refractivity contribution in [3.63, 3.8) is 0 Å². The number of ether oxygens (including phenoxy) is 1. The van der Waals surface area contributed by atoms with E-state index in [1.54, 1.807) is 70.0 Å². The predicted octanol–water partition coefficient (Wildman–Crippen LogP) is 2.91. The van der Waals surface area contributed by atoms with Gasteiger partial charge in [-0.05, 0) is 39.0 Å². The first kappa shape index (κ1) is 19.3. The molecule has 0 saturated heterocycles. The highest BCUT2D eigenvalue weighted by atomic mass is 16.6. The quantitative estimate of drug-likeness (QED) is 0.650. The van der Waals surface area contributed by atoms with Gasteiger partial charge in [0.25, 0.3) is 5.56 Å². The molecule has 0 radical (unpaired) electrons. The van der Waals surface area contributed by atoms with Crippen molar-refractivity contribution in [3.8, 4) is 5.69 Å². The summed E-state index contributed by atoms with van der Waals surface area (Å²) in [6, 6.07) is 6.41. The van der Waals surface area contributed by atoms with Crippen molar-refractivity contribution in [2.24, 2.45) is 7.05 Å². The average Bonchev–Trinajstić information content (AvgIpc) is 2.96. The number of aromatic nitrogens is 3. The molecule has 0 bridgehead atoms. The van der Waals surface area contributed by atoms with Crippen molar-refractivity contribution in [1.82, 2.24) is 14.1 Å². The zero-order valence-electron chi connectivity index (χ0n) is 16.5. The molecule has 0 saturated carbocycles. The Bertz CT molecular complexity index is 1120. The lowest BCUT2D eigenvalue weighted by Gasteiger charge is -2.24. The molecule has 0 fully saturated rings. The van der Waals surface area contributed by atoms with E-state index in [1.165, 1.54) is 15.5 Å². The number of hydrogen-bond acceptors (Lipinski definition) is 5. The number of pyridine rings is 2. The first-order valence-corrected chi connectivity index (χ1v) is 8.72. The van der Waals surface area contributed by atoms with Crippen LogP contribution in [0.5, 0.6) is 0 Å². The summed E-state index contributed by atoms with van der Waals surface area (Å²) in [5.41, 5.74) is 1.13. The Morgan fingerprint density at radius 3 is 2.57 bits per heavy atom. The number of hydrogen-bond donors (Lipinski definition) is 0. The van der Waals surface area contributed by atoms with Gasteiger partial charge in [0.1, 0.15) is 11.2 Å². The summed E-state index contributed by atoms with van der Waals surface area (Å²) >= 11 is 0. The standard InChI is InChI=1S/C20H22N4O4/c1-20(2,3)28-19(27)23(5)13-7-9-24(17(26)11-13)16-6-8-21-18-15(16)10-14(12-25)22(18)4/h6-12H,1-5H3. The number of rotatable bonds is 3. The SMILES string of the molecule is CN(C(=O)OC(C)(C)C)c1ccn(-c2ccnc3c2cc(C=O)n3C)c(=O)c1. The molecular weight excluding hydrogens is 360 g/mol. The Morgan fingerprint density at radius 2 is 1.96 bits per heavy atom. The molecule has 0 aromatic carbocycles. The van der Waals surface area contributed by atoms with Crippen molar-refractivity contribution in [2.75, 3.05) is 11.9 Å². The van der Waals surface area contributed by atoms with E-state index in [-0.39, 0.29) is 5.56 Å². The number of carbonyl (C=O) groups is 2. The van der Waals surface area contributed by atoms with Crippen LogP contribution < -0.4 is 10.5 Å². The van der Waals surface area contributed by atoms with Crippen LogP contribution in [0.15, 0.2) is 41.5 Å². The van der Waals surface area contributed by atoms with Crippen LogP contribution >= 0.6 is 0 Å². The number of fused-ring (bicyclic) bond motifs is 1. The maximum Gasteiger partial charge on any atom is 0.414 e. The first-order chi connectivity index (χ1) is 13.1. The molecule has 0 N–H and O–H groups in total. The number of carbonyl (C=O) groups excluding carboxylic acids is 2. The van der Waals surface area contributed by atoms with Gasteiger partial charge in [0, 0.05) is 37.9 Å². The van der Waals surface area contributed by atoms with Gasteiger partial charge in [0.15, 0.2) is 6.29 Å². The molecule has 1 amide bonds. The molecule has 8 heteroatoms. The van der Waals surface area contributed by atoms with Gasteiger partial charge in [-0.3, -0.25) is 19.1 Å². The van der Waals surface area contributed by atoms with Gasteiger partial charge in [-0.2, -0.15) is 0 Å². The highest BCUT2D eigenvalue weighted by molar-refractivity contribution is 5.92. The fourth-order valence-electron chi connectivity index (χ4n) is 2.86. The zero-order chi connectivity index (χ0) is 20.6. The van der Waals surface area contributed by atoms with E-state index in [4.69, 9.17) is 4.74 Å². The van der Waals surface area contributed by atoms with Gasteiger partial charge in [0.05, 0.1) is 17.1 Å². The van der Waals surface area contributed by atoms with Crippen molar-refractivity contribution in [2.45, 2.75) is 26.4 Å². The van der Waals surface area contributed by atoms with Crippen molar-refractivity contribution >= 4 is 29.1 Å². The van der Waals surface area contributed by atoms with Crippen LogP contribution in [0, 0.1) is 0 Å². The number of aldehydes is 1. The lowest BCUT2D eigenvalue weighted by Crippen LogP contribution is -2.34. The van der Waals surface area contributed by atoms with Crippen LogP contribution in [0.1, 0.15) is 31.3 Å². The molecule has 0 aliphatic heterocycles. The molecule has 0 aliphatic carbocycles. The normalized spacial score (nSPS) is 11.5. The lowest BCUT2D eigenvalue weighted by atomic mass is 10.2. The van der Waals surface area contributed by atoms with E-state index in [2.05, 4.69) is 4.98 Å². The van der Waals surface area contributed by atoms with Gasteiger partial charge in [-0.1, -0.05) is 0 Å². The molecule has 146 valence electrons. The zero-order valence-corrected chi connectivity index (χ0v) is 16.5. The fraction of sp³-hybridized carbons (Fsp3) is 0.300. The summed E-state index contributed by atoms with van der Waals surface area (Å²) in [4.78, 5) is 41.8. The molecule has 28 heavy (non-hydrogen) atoms. The molecule has 0 atom stereocenters. The highest BCUT2D eigenvalue weighted by Crippen LogP contribution is 2.23. The van der Waals surface area contributed by atoms with Crippen LogP contribution in [-0.2, 0) is 11.8 Å². The number of amides is 1. The summed E-state index contributed by atoms with van der Waals surface area (Å²) in [7, 11) is 3.29. The molecule has 3 heterocycles. The number of aryl methyl sites for hydroxylation is 1. The second-order valence-corrected chi connectivity index (χ2v) is 7.45. The fourth-order valence-corrected chi connectivity index (χ4v) is 2.86. The van der Waals surface area contributed by atoms with Crippen molar-refractivity contribution in [1.29, 1.82) is 0 Å². The van der Waals surface area contributed by atoms with Gasteiger partial charge in [-0.15, -0.1) is 0 Å². The topological polar surface area (TPSA) is 86.4 Å². The summed E-state index contributed by atoms with van der Waals surface area (Å²) in [5, 5.41) is 0.683. The Labute approximate surface area is 162 Å². The first-order valence-electron chi connectivity index (χ1n) is 8.72. The summed E-state index contributed by atoms with van der Waals surface area (Å²) in [6.07, 6.45) is 3.36. The van der Waals surface area contributed by atoms with Gasteiger partial charge < -0.3 is 9.30 Å². The predicted molar refractivity (Wildman–Crippen MR) is 106 cm³/mol. The minimum Gasteiger partial charge on any atom is -0.443 e. The van der Waals surface area contributed by atoms with Crippen LogP contribution in [0.3, 0.4) is 0 Å². The molecule has 0 spiro atoms. The second-order valence-electron chi connectivity index (χ2n) is 7.45. The summed E-state index contributed by atoms with van der Waals surface area (Å²) in [5.74, 6) is 0. The van der Waals surface area contributed by atoms with Crippen molar-refractivity contribution < 1.29 is 14.3 Å². The van der Waals surface area contributed by atoms with Crippen LogP contribution in [0.25, 0.3) is 16.7 Å². The van der Waals surface area contributed by atoms with E-state index in [0.29, 0.717) is 28.1 Å². The van der Waals surface area contributed by atoms with Gasteiger partial charge in [0.2, 0.25) is 0 Å². The average molecular weight is 382 g/mol. The maximum atomic E-state index is 12.7. The Kier molecular flexibility index (Phi) is 4.80. The van der Waals surface area contributed by atoms with E-state index < -0.39 is 11.7 Å². The molecular formula is C20H22N4O4. The Balaban J connectivity index is 2.02. The largest absolute Gasteiger partial charge is 0.443 e. The number of anilines is 1. The van der Waals surface area contributed by atoms with E-state index >= 15 is 0 Å².